The van der Waals surface area contributed by atoms with Crippen molar-refractivity contribution in [2.75, 3.05) is 19.8 Å². The highest BCUT2D eigenvalue weighted by molar-refractivity contribution is 5.75. The number of aromatic nitrogens is 2. The molecule has 1 atom stereocenters. The molecule has 154 valence electrons. The second kappa shape index (κ2) is 8.10. The van der Waals surface area contributed by atoms with Gasteiger partial charge in [-0.2, -0.15) is 5.10 Å². The molecule has 0 aliphatic carbocycles. The minimum atomic E-state index is -0.0590. The molecule has 7 nitrogen and oxygen atoms in total. The van der Waals surface area contributed by atoms with Gasteiger partial charge in [0.1, 0.15) is 13.2 Å². The van der Waals surface area contributed by atoms with E-state index in [4.69, 9.17) is 9.47 Å². The van der Waals surface area contributed by atoms with Gasteiger partial charge in [-0.3, -0.25) is 0 Å². The van der Waals surface area contributed by atoms with Crippen LogP contribution in [0.15, 0.2) is 60.9 Å². The first-order valence-electron chi connectivity index (χ1n) is 10.3. The minimum Gasteiger partial charge on any atom is -0.486 e. The van der Waals surface area contributed by atoms with Gasteiger partial charge in [-0.1, -0.05) is 24.3 Å². The maximum Gasteiger partial charge on any atom is 0.318 e. The van der Waals surface area contributed by atoms with Gasteiger partial charge in [0.05, 0.1) is 11.7 Å². The Morgan fingerprint density at radius 2 is 2.03 bits per heavy atom. The van der Waals surface area contributed by atoms with Crippen LogP contribution in [0.1, 0.15) is 30.0 Å². The van der Waals surface area contributed by atoms with Gasteiger partial charge in [-0.25, -0.2) is 9.48 Å². The van der Waals surface area contributed by atoms with Crippen molar-refractivity contribution in [1.29, 1.82) is 0 Å². The van der Waals surface area contributed by atoms with Gasteiger partial charge in [0, 0.05) is 31.0 Å². The van der Waals surface area contributed by atoms with Crippen molar-refractivity contribution < 1.29 is 14.3 Å². The molecule has 1 N–H and O–H groups in total. The van der Waals surface area contributed by atoms with Crippen molar-refractivity contribution >= 4 is 6.03 Å². The summed E-state index contributed by atoms with van der Waals surface area (Å²) in [6.07, 6.45) is 5.54. The first kappa shape index (κ1) is 18.5. The number of ether oxygens (including phenoxy) is 2. The molecule has 2 aromatic carbocycles. The van der Waals surface area contributed by atoms with E-state index in [0.29, 0.717) is 19.8 Å². The summed E-state index contributed by atoms with van der Waals surface area (Å²) < 4.78 is 13.4. The summed E-state index contributed by atoms with van der Waals surface area (Å²) in [7, 11) is 0. The van der Waals surface area contributed by atoms with Crippen molar-refractivity contribution in [3.8, 4) is 17.2 Å². The van der Waals surface area contributed by atoms with Crippen LogP contribution in [0.5, 0.6) is 11.5 Å². The Balaban J connectivity index is 1.29. The Morgan fingerprint density at radius 1 is 1.13 bits per heavy atom. The van der Waals surface area contributed by atoms with Gasteiger partial charge in [0.25, 0.3) is 0 Å². The Morgan fingerprint density at radius 3 is 2.93 bits per heavy atom. The van der Waals surface area contributed by atoms with Crippen LogP contribution in [0.2, 0.25) is 0 Å². The van der Waals surface area contributed by atoms with Crippen LogP contribution in [0.3, 0.4) is 0 Å². The van der Waals surface area contributed by atoms with E-state index in [1.54, 1.807) is 6.20 Å². The van der Waals surface area contributed by atoms with Crippen LogP contribution >= 0.6 is 0 Å². The number of fused-ring (bicyclic) bond motifs is 1. The first-order chi connectivity index (χ1) is 14.8. The number of hydrogen-bond donors (Lipinski definition) is 1. The Hall–Kier alpha value is -3.48. The van der Waals surface area contributed by atoms with Crippen LogP contribution in [0.4, 0.5) is 4.79 Å². The zero-order chi connectivity index (χ0) is 20.3. The number of benzene rings is 2. The largest absolute Gasteiger partial charge is 0.486 e. The highest BCUT2D eigenvalue weighted by Crippen LogP contribution is 2.42. The number of amides is 2. The fourth-order valence-corrected chi connectivity index (χ4v) is 4.20. The molecular formula is C23H24N4O3. The molecule has 1 unspecified atom stereocenters. The summed E-state index contributed by atoms with van der Waals surface area (Å²) in [5.41, 5.74) is 3.03. The number of carbonyl (C=O) groups is 1. The zero-order valence-electron chi connectivity index (χ0n) is 16.7. The average Bonchev–Trinajstić information content (AvgIpc) is 3.50. The molecule has 1 aromatic heterocycles. The van der Waals surface area contributed by atoms with Gasteiger partial charge in [-0.05, 0) is 42.7 Å². The quantitative estimate of drug-likeness (QED) is 0.720. The van der Waals surface area contributed by atoms with E-state index >= 15 is 0 Å². The van der Waals surface area contributed by atoms with Crippen LogP contribution in [0, 0.1) is 0 Å². The Kier molecular flexibility index (Phi) is 5.01. The molecule has 2 aliphatic rings. The van der Waals surface area contributed by atoms with Crippen LogP contribution in [-0.4, -0.2) is 40.5 Å². The first-order valence-corrected chi connectivity index (χ1v) is 10.3. The van der Waals surface area contributed by atoms with Gasteiger partial charge >= 0.3 is 6.03 Å². The van der Waals surface area contributed by atoms with Crippen LogP contribution < -0.4 is 14.8 Å². The van der Waals surface area contributed by atoms with Crippen molar-refractivity contribution in [1.82, 2.24) is 20.0 Å². The van der Waals surface area contributed by atoms with E-state index in [0.717, 1.165) is 47.7 Å². The van der Waals surface area contributed by atoms with Gasteiger partial charge in [0.15, 0.2) is 11.5 Å². The number of hydrogen-bond acceptors (Lipinski definition) is 4. The maximum absolute atomic E-state index is 13.0. The standard InChI is InChI=1S/C23H24N4O3/c28-23(24-16-17-5-1-6-18(15-17)27-12-4-10-25-27)26-11-3-8-20(26)19-7-2-9-21-22(19)30-14-13-29-21/h1-2,4-7,9-10,12,15,20H,3,8,11,13-14,16H2,(H,24,28). The lowest BCUT2D eigenvalue weighted by Gasteiger charge is -2.29. The van der Waals surface area contributed by atoms with E-state index < -0.39 is 0 Å². The number of urea groups is 1. The summed E-state index contributed by atoms with van der Waals surface area (Å²) in [6.45, 7) is 2.29. The molecule has 30 heavy (non-hydrogen) atoms. The van der Waals surface area contributed by atoms with Gasteiger partial charge < -0.3 is 19.7 Å². The highest BCUT2D eigenvalue weighted by atomic mass is 16.6. The molecule has 5 rings (SSSR count). The van der Waals surface area contributed by atoms with E-state index in [9.17, 15) is 4.79 Å². The summed E-state index contributed by atoms with van der Waals surface area (Å²) in [4.78, 5) is 14.9. The molecule has 3 aromatic rings. The second-order valence-corrected chi connectivity index (χ2v) is 7.50. The number of nitrogens with zero attached hydrogens (tertiary/aromatic N) is 3. The van der Waals surface area contributed by atoms with E-state index in [-0.39, 0.29) is 12.1 Å². The molecule has 2 aliphatic heterocycles. The Labute approximate surface area is 175 Å². The Bertz CT molecular complexity index is 1030. The van der Waals surface area contributed by atoms with Crippen LogP contribution in [-0.2, 0) is 6.54 Å². The summed E-state index contributed by atoms with van der Waals surface area (Å²) in [6, 6.07) is 15.8. The molecule has 1 saturated heterocycles. The minimum absolute atomic E-state index is 0.00272. The molecule has 0 spiro atoms. The third-order valence-corrected chi connectivity index (χ3v) is 5.59. The second-order valence-electron chi connectivity index (χ2n) is 7.50. The topological polar surface area (TPSA) is 68.6 Å². The smallest absolute Gasteiger partial charge is 0.318 e. The third-order valence-electron chi connectivity index (χ3n) is 5.59. The summed E-state index contributed by atoms with van der Waals surface area (Å²) in [5, 5.41) is 7.34. The predicted octanol–water partition coefficient (Wildman–Crippen LogP) is 3.69. The highest BCUT2D eigenvalue weighted by Gasteiger charge is 2.33. The van der Waals surface area contributed by atoms with E-state index in [1.807, 2.05) is 64.3 Å². The van der Waals surface area contributed by atoms with Crippen LogP contribution in [0.25, 0.3) is 5.69 Å². The zero-order valence-corrected chi connectivity index (χ0v) is 16.7. The van der Waals surface area contributed by atoms with Gasteiger partial charge in [0.2, 0.25) is 0 Å². The number of likely N-dealkylation sites (tertiary alicyclic amines) is 1. The lowest BCUT2D eigenvalue weighted by molar-refractivity contribution is 0.163. The van der Waals surface area contributed by atoms with Crippen molar-refractivity contribution in [2.45, 2.75) is 25.4 Å². The summed E-state index contributed by atoms with van der Waals surface area (Å²) in [5.74, 6) is 1.54. The molecule has 0 radical (unpaired) electrons. The number of rotatable bonds is 4. The van der Waals surface area contributed by atoms with Crippen molar-refractivity contribution in [3.63, 3.8) is 0 Å². The molecule has 0 saturated carbocycles. The molecule has 2 amide bonds. The molecule has 1 fully saturated rings. The average molecular weight is 404 g/mol. The normalized spacial score (nSPS) is 17.7. The predicted molar refractivity (Wildman–Crippen MR) is 112 cm³/mol. The lowest BCUT2D eigenvalue weighted by Crippen LogP contribution is -2.39. The molecule has 0 bridgehead atoms. The lowest BCUT2D eigenvalue weighted by atomic mass is 10.0. The SMILES string of the molecule is O=C(NCc1cccc(-n2cccn2)c1)N1CCCC1c1cccc2c1OCCO2. The molecule has 3 heterocycles. The third kappa shape index (κ3) is 3.58. The van der Waals surface area contributed by atoms with E-state index in [1.165, 1.54) is 0 Å². The maximum atomic E-state index is 13.0. The fraction of sp³-hybridized carbons (Fsp3) is 0.304. The van der Waals surface area contributed by atoms with Crippen molar-refractivity contribution in [2.24, 2.45) is 0 Å². The number of para-hydroxylation sites is 1. The molecular weight excluding hydrogens is 380 g/mol. The monoisotopic (exact) mass is 404 g/mol. The fourth-order valence-electron chi connectivity index (χ4n) is 4.20. The molecule has 7 heteroatoms. The van der Waals surface area contributed by atoms with Gasteiger partial charge in [-0.15, -0.1) is 0 Å². The van der Waals surface area contributed by atoms with Crippen molar-refractivity contribution in [3.05, 3.63) is 72.1 Å². The summed E-state index contributed by atoms with van der Waals surface area (Å²) >= 11 is 0. The van der Waals surface area contributed by atoms with E-state index in [2.05, 4.69) is 10.4 Å². The number of carbonyl (C=O) groups excluding carboxylic acids is 1. The number of nitrogens with one attached hydrogen (secondary N) is 1.